The Balaban J connectivity index is 1.93. The Morgan fingerprint density at radius 1 is 1.13 bits per heavy atom. The molecule has 2 N–H and O–H groups in total. The van der Waals surface area contributed by atoms with Crippen molar-refractivity contribution in [3.8, 4) is 0 Å². The largest absolute Gasteiger partial charge is 0.322 e. The van der Waals surface area contributed by atoms with Gasteiger partial charge in [0.1, 0.15) is 0 Å². The molecule has 0 saturated carbocycles. The van der Waals surface area contributed by atoms with E-state index in [4.69, 9.17) is 0 Å². The van der Waals surface area contributed by atoms with Gasteiger partial charge in [0.2, 0.25) is 5.82 Å². The van der Waals surface area contributed by atoms with Crippen molar-refractivity contribution in [1.82, 2.24) is 25.2 Å². The summed E-state index contributed by atoms with van der Waals surface area (Å²) >= 11 is 0. The highest BCUT2D eigenvalue weighted by molar-refractivity contribution is 5.83. The number of nitrogens with one attached hydrogen (secondary N) is 2. The predicted molar refractivity (Wildman–Crippen MR) is 122 cm³/mol. The van der Waals surface area contributed by atoms with Crippen LogP contribution in [-0.2, 0) is 5.54 Å². The van der Waals surface area contributed by atoms with E-state index in [1.807, 2.05) is 11.6 Å². The first kappa shape index (κ1) is 21.7. The van der Waals surface area contributed by atoms with Gasteiger partial charge in [-0.15, -0.1) is 5.10 Å². The van der Waals surface area contributed by atoms with Crippen LogP contribution in [-0.4, -0.2) is 38.3 Å². The number of rotatable bonds is 5. The molecule has 1 saturated heterocycles. The van der Waals surface area contributed by atoms with Gasteiger partial charge in [-0.3, -0.25) is 4.79 Å². The summed E-state index contributed by atoms with van der Waals surface area (Å²) in [7, 11) is 0. The average Bonchev–Trinajstić information content (AvgIpc) is 3.06. The maximum Gasteiger partial charge on any atom is 0.258 e. The minimum absolute atomic E-state index is 0.0370. The second-order valence-electron chi connectivity index (χ2n) is 9.72. The smallest absolute Gasteiger partial charge is 0.258 e. The highest BCUT2D eigenvalue weighted by Gasteiger charge is 2.37. The van der Waals surface area contributed by atoms with Crippen LogP contribution in [0.25, 0.3) is 10.9 Å². The van der Waals surface area contributed by atoms with Gasteiger partial charge in [0, 0.05) is 0 Å². The van der Waals surface area contributed by atoms with Gasteiger partial charge < -0.3 is 9.88 Å². The molecule has 1 aliphatic rings. The second kappa shape index (κ2) is 8.54. The molecule has 0 aliphatic carbocycles. The number of fused-ring (bicyclic) bond motifs is 1. The fourth-order valence-electron chi connectivity index (χ4n) is 4.89. The number of hydrogen-bond donors (Lipinski definition) is 2. The fourth-order valence-corrected chi connectivity index (χ4v) is 4.89. The third-order valence-electron chi connectivity index (χ3n) is 6.98. The van der Waals surface area contributed by atoms with Gasteiger partial charge in [-0.2, -0.15) is 0 Å². The maximum absolute atomic E-state index is 13.4. The van der Waals surface area contributed by atoms with Gasteiger partial charge in [0.25, 0.3) is 5.56 Å². The number of tetrazole rings is 1. The molecule has 0 unspecified atom stereocenters. The molecule has 1 atom stereocenters. The summed E-state index contributed by atoms with van der Waals surface area (Å²) in [5, 5.41) is 14.0. The number of H-pyrrole nitrogens is 1. The molecule has 0 spiro atoms. The number of hydrogen-bond acceptors (Lipinski definition) is 4. The summed E-state index contributed by atoms with van der Waals surface area (Å²) in [6.45, 7) is 12.6. The van der Waals surface area contributed by atoms with E-state index in [9.17, 15) is 4.79 Å². The van der Waals surface area contributed by atoms with Gasteiger partial charge in [0.05, 0.1) is 29.7 Å². The van der Waals surface area contributed by atoms with Crippen molar-refractivity contribution in [2.45, 2.75) is 78.3 Å². The minimum atomic E-state index is -0.223. The molecule has 7 heteroatoms. The molecule has 2 aromatic heterocycles. The summed E-state index contributed by atoms with van der Waals surface area (Å²) in [5.74, 6) is 0.790. The van der Waals surface area contributed by atoms with E-state index in [0.717, 1.165) is 60.2 Å². The summed E-state index contributed by atoms with van der Waals surface area (Å²) in [6.07, 6.45) is 5.71. The van der Waals surface area contributed by atoms with E-state index in [0.29, 0.717) is 0 Å². The summed E-state index contributed by atoms with van der Waals surface area (Å²) in [4.78, 5) is 18.0. The minimum Gasteiger partial charge on any atom is -0.322 e. The Labute approximate surface area is 183 Å². The molecule has 3 aromatic rings. The lowest BCUT2D eigenvalue weighted by Gasteiger charge is -2.30. The molecular weight excluding hydrogens is 388 g/mol. The first-order chi connectivity index (χ1) is 14.8. The highest BCUT2D eigenvalue weighted by Crippen LogP contribution is 2.26. The van der Waals surface area contributed by atoms with Crippen LogP contribution in [0.2, 0.25) is 0 Å². The predicted octanol–water partition coefficient (Wildman–Crippen LogP) is 2.82. The fraction of sp³-hybridized carbons (Fsp3) is 0.583. The SMILES string of the molecule is CCC(C)(C)n1nnnc1[C@H](c1cc2cc(C)cc(C)c2[nH]c1=O)[NH+]1CCCCCC1. The van der Waals surface area contributed by atoms with Gasteiger partial charge in [0.15, 0.2) is 6.04 Å². The zero-order valence-electron chi connectivity index (χ0n) is 19.5. The Bertz CT molecular complexity index is 1120. The summed E-state index contributed by atoms with van der Waals surface area (Å²) in [5.41, 5.74) is 3.70. The molecule has 31 heavy (non-hydrogen) atoms. The number of pyridine rings is 1. The zero-order chi connectivity index (χ0) is 22.2. The number of aryl methyl sites for hydroxylation is 2. The Morgan fingerprint density at radius 3 is 2.52 bits per heavy atom. The molecule has 1 aromatic carbocycles. The third-order valence-corrected chi connectivity index (χ3v) is 6.98. The van der Waals surface area contributed by atoms with Crippen LogP contribution >= 0.6 is 0 Å². The van der Waals surface area contributed by atoms with Gasteiger partial charge in [-0.05, 0) is 93.3 Å². The second-order valence-corrected chi connectivity index (χ2v) is 9.72. The number of aromatic nitrogens is 5. The topological polar surface area (TPSA) is 80.9 Å². The first-order valence-corrected chi connectivity index (χ1v) is 11.6. The summed E-state index contributed by atoms with van der Waals surface area (Å²) < 4.78 is 1.95. The van der Waals surface area contributed by atoms with Crippen LogP contribution in [0.5, 0.6) is 0 Å². The highest BCUT2D eigenvalue weighted by atomic mass is 16.1. The number of nitrogens with zero attached hydrogens (tertiary/aromatic N) is 4. The van der Waals surface area contributed by atoms with Crippen LogP contribution in [0.4, 0.5) is 0 Å². The zero-order valence-corrected chi connectivity index (χ0v) is 19.5. The molecule has 0 amide bonds. The number of aromatic amines is 1. The molecule has 1 aliphatic heterocycles. The Morgan fingerprint density at radius 2 is 1.84 bits per heavy atom. The van der Waals surface area contributed by atoms with Crippen LogP contribution in [0.15, 0.2) is 23.0 Å². The van der Waals surface area contributed by atoms with Crippen LogP contribution in [0.3, 0.4) is 0 Å². The lowest BCUT2D eigenvalue weighted by atomic mass is 9.98. The lowest BCUT2D eigenvalue weighted by molar-refractivity contribution is -0.925. The van der Waals surface area contributed by atoms with Crippen molar-refractivity contribution >= 4 is 10.9 Å². The molecule has 0 radical (unpaired) electrons. The molecule has 7 nitrogen and oxygen atoms in total. The molecular formula is C24H35N6O+. The monoisotopic (exact) mass is 423 g/mol. The van der Waals surface area contributed by atoms with E-state index in [1.165, 1.54) is 23.3 Å². The first-order valence-electron chi connectivity index (χ1n) is 11.6. The summed E-state index contributed by atoms with van der Waals surface area (Å²) in [6, 6.07) is 6.15. The molecule has 0 bridgehead atoms. The normalized spacial score (nSPS) is 17.1. The molecule has 3 heterocycles. The maximum atomic E-state index is 13.4. The van der Waals surface area contributed by atoms with Crippen molar-refractivity contribution in [3.05, 3.63) is 51.1 Å². The Hall–Kier alpha value is -2.54. The van der Waals surface area contributed by atoms with Gasteiger partial charge >= 0.3 is 0 Å². The van der Waals surface area contributed by atoms with Crippen molar-refractivity contribution in [2.75, 3.05) is 13.1 Å². The van der Waals surface area contributed by atoms with Gasteiger partial charge in [-0.25, -0.2) is 4.68 Å². The van der Waals surface area contributed by atoms with Gasteiger partial charge in [-0.1, -0.05) is 18.6 Å². The average molecular weight is 424 g/mol. The van der Waals surface area contributed by atoms with Crippen LogP contribution in [0, 0.1) is 13.8 Å². The van der Waals surface area contributed by atoms with Crippen LogP contribution in [0.1, 0.15) is 81.4 Å². The van der Waals surface area contributed by atoms with Crippen LogP contribution < -0.4 is 10.5 Å². The number of benzene rings is 1. The lowest BCUT2D eigenvalue weighted by Crippen LogP contribution is -3.12. The molecule has 166 valence electrons. The number of quaternary nitrogens is 1. The van der Waals surface area contributed by atoms with Crippen molar-refractivity contribution in [1.29, 1.82) is 0 Å². The number of likely N-dealkylation sites (tertiary alicyclic amines) is 1. The van der Waals surface area contributed by atoms with Crippen molar-refractivity contribution in [3.63, 3.8) is 0 Å². The third kappa shape index (κ3) is 4.15. The molecule has 1 fully saturated rings. The van der Waals surface area contributed by atoms with E-state index in [2.05, 4.69) is 66.4 Å². The van der Waals surface area contributed by atoms with E-state index < -0.39 is 0 Å². The Kier molecular flexibility index (Phi) is 5.97. The van der Waals surface area contributed by atoms with Crippen molar-refractivity contribution in [2.24, 2.45) is 0 Å². The van der Waals surface area contributed by atoms with E-state index in [-0.39, 0.29) is 17.1 Å². The quantitative estimate of drug-likeness (QED) is 0.661. The van der Waals surface area contributed by atoms with E-state index in [1.54, 1.807) is 0 Å². The van der Waals surface area contributed by atoms with Crippen molar-refractivity contribution < 1.29 is 4.90 Å². The standard InChI is InChI=1S/C24H34N6O/c1-6-24(4,5)30-22(26-27-28-30)21(29-11-9-7-8-10-12-29)19-15-18-14-16(2)13-17(3)20(18)25-23(19)31/h13-15,21H,6-12H2,1-5H3,(H,25,31)/p+1/t21-/m0/s1. The molecule has 4 rings (SSSR count). The van der Waals surface area contributed by atoms with E-state index >= 15 is 0 Å².